The van der Waals surface area contributed by atoms with E-state index >= 15 is 0 Å². The van der Waals surface area contributed by atoms with Crippen molar-refractivity contribution in [1.82, 2.24) is 4.98 Å². The smallest absolute Gasteiger partial charge is 0.195 e. The van der Waals surface area contributed by atoms with Crippen molar-refractivity contribution in [3.05, 3.63) is 76.4 Å². The Labute approximate surface area is 122 Å². The van der Waals surface area contributed by atoms with Gasteiger partial charge in [-0.25, -0.2) is 0 Å². The summed E-state index contributed by atoms with van der Waals surface area (Å²) in [4.78, 5) is 16.9. The van der Waals surface area contributed by atoms with Crippen molar-refractivity contribution < 1.29 is 4.79 Å². The van der Waals surface area contributed by atoms with Gasteiger partial charge in [0, 0.05) is 27.7 Å². The molecule has 0 amide bonds. The van der Waals surface area contributed by atoms with Crippen LogP contribution < -0.4 is 0 Å². The van der Waals surface area contributed by atoms with Crippen molar-refractivity contribution in [1.29, 1.82) is 0 Å². The fourth-order valence-electron chi connectivity index (χ4n) is 2.18. The van der Waals surface area contributed by atoms with Gasteiger partial charge in [-0.15, -0.1) is 0 Å². The van der Waals surface area contributed by atoms with Crippen LogP contribution in [0.25, 0.3) is 10.9 Å². The maximum absolute atomic E-state index is 12.6. The Balaban J connectivity index is 2.15. The lowest BCUT2D eigenvalue weighted by Gasteiger charge is -2.06. The number of hydrogen-bond donors (Lipinski definition) is 0. The molecule has 98 valence electrons. The number of carbonyl (C=O) groups excluding carboxylic acids is 1. The molecule has 0 aliphatic carbocycles. The molecule has 20 heavy (non-hydrogen) atoms. The molecule has 0 aliphatic heterocycles. The van der Waals surface area contributed by atoms with Gasteiger partial charge in [-0.2, -0.15) is 0 Å². The molecule has 0 saturated heterocycles. The van der Waals surface area contributed by atoms with Crippen LogP contribution in [0.5, 0.6) is 0 Å². The molecule has 2 nitrogen and oxygen atoms in total. The Bertz CT molecular complexity index is 806. The summed E-state index contributed by atoms with van der Waals surface area (Å²) >= 11 is 6.10. The molecule has 0 spiro atoms. The molecule has 0 aliphatic rings. The number of para-hydroxylation sites is 1. The predicted molar refractivity (Wildman–Crippen MR) is 81.4 cm³/mol. The molecule has 3 aromatic rings. The number of aryl methyl sites for hydroxylation is 1. The first kappa shape index (κ1) is 12.8. The number of benzene rings is 2. The van der Waals surface area contributed by atoms with Gasteiger partial charge in [0.2, 0.25) is 0 Å². The first-order chi connectivity index (χ1) is 9.66. The second kappa shape index (κ2) is 5.06. The molecule has 3 heteroatoms. The van der Waals surface area contributed by atoms with Crippen molar-refractivity contribution in [2.75, 3.05) is 0 Å². The molecule has 1 heterocycles. The van der Waals surface area contributed by atoms with E-state index in [1.165, 1.54) is 0 Å². The predicted octanol–water partition coefficient (Wildman–Crippen LogP) is 4.43. The summed E-state index contributed by atoms with van der Waals surface area (Å²) in [6.07, 6.45) is 1.70. The Hall–Kier alpha value is -2.19. The van der Waals surface area contributed by atoms with Crippen LogP contribution in [0.1, 0.15) is 21.5 Å². The second-order valence-electron chi connectivity index (χ2n) is 4.67. The Morgan fingerprint density at radius 3 is 2.70 bits per heavy atom. The van der Waals surface area contributed by atoms with E-state index < -0.39 is 0 Å². The molecular formula is C17H12ClNO. The lowest BCUT2D eigenvalue weighted by Crippen LogP contribution is -2.03. The standard InChI is InChI=1S/C17H12ClNO/c1-11-7-8-13(10-15(11)18)17(20)14-6-2-4-12-5-3-9-19-16(12)14/h2-10H,1H3. The van der Waals surface area contributed by atoms with Gasteiger partial charge in [0.05, 0.1) is 5.52 Å². The van der Waals surface area contributed by atoms with Gasteiger partial charge in [0.15, 0.2) is 5.78 Å². The first-order valence-electron chi connectivity index (χ1n) is 6.31. The third-order valence-corrected chi connectivity index (χ3v) is 3.72. The van der Waals surface area contributed by atoms with E-state index in [1.54, 1.807) is 24.4 Å². The van der Waals surface area contributed by atoms with Crippen molar-refractivity contribution in [2.24, 2.45) is 0 Å². The third-order valence-electron chi connectivity index (χ3n) is 3.31. The summed E-state index contributed by atoms with van der Waals surface area (Å²) in [5.41, 5.74) is 2.86. The minimum Gasteiger partial charge on any atom is -0.289 e. The second-order valence-corrected chi connectivity index (χ2v) is 5.08. The molecular weight excluding hydrogens is 270 g/mol. The molecule has 0 bridgehead atoms. The summed E-state index contributed by atoms with van der Waals surface area (Å²) in [6, 6.07) is 14.8. The quantitative estimate of drug-likeness (QED) is 0.651. The van der Waals surface area contributed by atoms with Crippen LogP contribution in [0, 0.1) is 6.92 Å². The minimum atomic E-state index is -0.0591. The minimum absolute atomic E-state index is 0.0591. The number of rotatable bonds is 2. The lowest BCUT2D eigenvalue weighted by molar-refractivity contribution is 0.104. The van der Waals surface area contributed by atoms with Gasteiger partial charge in [0.1, 0.15) is 0 Å². The van der Waals surface area contributed by atoms with Crippen LogP contribution in [-0.2, 0) is 0 Å². The normalized spacial score (nSPS) is 10.7. The maximum Gasteiger partial charge on any atom is 0.195 e. The lowest BCUT2D eigenvalue weighted by atomic mass is 9.99. The van der Waals surface area contributed by atoms with E-state index in [0.29, 0.717) is 16.1 Å². The van der Waals surface area contributed by atoms with E-state index in [-0.39, 0.29) is 5.78 Å². The third kappa shape index (κ3) is 2.19. The van der Waals surface area contributed by atoms with Crippen LogP contribution >= 0.6 is 11.6 Å². The molecule has 2 aromatic carbocycles. The van der Waals surface area contributed by atoms with Crippen molar-refractivity contribution in [3.63, 3.8) is 0 Å². The number of pyridine rings is 1. The summed E-state index contributed by atoms with van der Waals surface area (Å²) in [5.74, 6) is -0.0591. The summed E-state index contributed by atoms with van der Waals surface area (Å²) in [7, 11) is 0. The molecule has 3 rings (SSSR count). The van der Waals surface area contributed by atoms with E-state index in [2.05, 4.69) is 4.98 Å². The van der Waals surface area contributed by atoms with Crippen LogP contribution in [-0.4, -0.2) is 10.8 Å². The van der Waals surface area contributed by atoms with E-state index in [0.717, 1.165) is 16.5 Å². The monoisotopic (exact) mass is 281 g/mol. The fourth-order valence-corrected chi connectivity index (χ4v) is 2.36. The van der Waals surface area contributed by atoms with Crippen LogP contribution in [0.2, 0.25) is 5.02 Å². The first-order valence-corrected chi connectivity index (χ1v) is 6.69. The molecule has 0 fully saturated rings. The molecule has 0 unspecified atom stereocenters. The summed E-state index contributed by atoms with van der Waals surface area (Å²) in [5, 5.41) is 1.56. The highest BCUT2D eigenvalue weighted by atomic mass is 35.5. The van der Waals surface area contributed by atoms with Gasteiger partial charge in [-0.05, 0) is 30.7 Å². The Kier molecular flexibility index (Phi) is 3.25. The fraction of sp³-hybridized carbons (Fsp3) is 0.0588. The number of hydrogen-bond acceptors (Lipinski definition) is 2. The average Bonchev–Trinajstić information content (AvgIpc) is 2.49. The summed E-state index contributed by atoms with van der Waals surface area (Å²) < 4.78 is 0. The molecule has 0 radical (unpaired) electrons. The zero-order chi connectivity index (χ0) is 14.1. The van der Waals surface area contributed by atoms with E-state index in [9.17, 15) is 4.79 Å². The van der Waals surface area contributed by atoms with Gasteiger partial charge in [0.25, 0.3) is 0 Å². The van der Waals surface area contributed by atoms with Crippen LogP contribution in [0.4, 0.5) is 0 Å². The van der Waals surface area contributed by atoms with E-state index in [4.69, 9.17) is 11.6 Å². The zero-order valence-electron chi connectivity index (χ0n) is 10.9. The van der Waals surface area contributed by atoms with Gasteiger partial charge < -0.3 is 0 Å². The largest absolute Gasteiger partial charge is 0.289 e. The molecule has 1 aromatic heterocycles. The number of carbonyl (C=O) groups is 1. The van der Waals surface area contributed by atoms with Gasteiger partial charge >= 0.3 is 0 Å². The SMILES string of the molecule is Cc1ccc(C(=O)c2cccc3cccnc23)cc1Cl. The number of halogens is 1. The maximum atomic E-state index is 12.6. The van der Waals surface area contributed by atoms with E-state index in [1.807, 2.05) is 37.3 Å². The summed E-state index contributed by atoms with van der Waals surface area (Å²) in [6.45, 7) is 1.91. The van der Waals surface area contributed by atoms with Crippen LogP contribution in [0.15, 0.2) is 54.7 Å². The number of aromatic nitrogens is 1. The Morgan fingerprint density at radius 2 is 1.90 bits per heavy atom. The average molecular weight is 282 g/mol. The van der Waals surface area contributed by atoms with Gasteiger partial charge in [-0.1, -0.05) is 41.9 Å². The highest BCUT2D eigenvalue weighted by Gasteiger charge is 2.13. The van der Waals surface area contributed by atoms with Gasteiger partial charge in [-0.3, -0.25) is 9.78 Å². The number of ketones is 1. The highest BCUT2D eigenvalue weighted by molar-refractivity contribution is 6.32. The molecule has 0 atom stereocenters. The topological polar surface area (TPSA) is 30.0 Å². The Morgan fingerprint density at radius 1 is 1.10 bits per heavy atom. The van der Waals surface area contributed by atoms with Crippen molar-refractivity contribution in [3.8, 4) is 0 Å². The molecule has 0 saturated carbocycles. The van der Waals surface area contributed by atoms with Crippen LogP contribution in [0.3, 0.4) is 0 Å². The van der Waals surface area contributed by atoms with Crippen molar-refractivity contribution >= 4 is 28.3 Å². The zero-order valence-corrected chi connectivity index (χ0v) is 11.7. The highest BCUT2D eigenvalue weighted by Crippen LogP contribution is 2.22. The number of nitrogens with zero attached hydrogens (tertiary/aromatic N) is 1. The number of fused-ring (bicyclic) bond motifs is 1. The van der Waals surface area contributed by atoms with Crippen molar-refractivity contribution in [2.45, 2.75) is 6.92 Å². The molecule has 0 N–H and O–H groups in total.